The zero-order chi connectivity index (χ0) is 10.8. The summed E-state index contributed by atoms with van der Waals surface area (Å²) in [4.78, 5) is 4.47. The molecule has 5 heteroatoms. The van der Waals surface area contributed by atoms with Crippen LogP contribution in [-0.4, -0.2) is 23.0 Å². The minimum atomic E-state index is 0.597. The first-order chi connectivity index (χ1) is 7.26. The van der Waals surface area contributed by atoms with E-state index in [1.165, 1.54) is 0 Å². The molecule has 2 N–H and O–H groups in total. The van der Waals surface area contributed by atoms with E-state index in [-0.39, 0.29) is 0 Å². The Kier molecular flexibility index (Phi) is 2.93. The molecule has 4 nitrogen and oxygen atoms in total. The van der Waals surface area contributed by atoms with Crippen LogP contribution in [0.1, 0.15) is 5.69 Å². The van der Waals surface area contributed by atoms with E-state index < -0.39 is 0 Å². The standard InChI is InChI=1S/C10H12BrN3O/c1-15-7-3-5-14-9(6-7)13-8(2-4-12)10(14)11/h3,5-6H,2,4,12H2,1H3. The second-order valence-electron chi connectivity index (χ2n) is 3.18. The summed E-state index contributed by atoms with van der Waals surface area (Å²) in [6.07, 6.45) is 2.69. The molecule has 2 rings (SSSR count). The third-order valence-electron chi connectivity index (χ3n) is 2.22. The van der Waals surface area contributed by atoms with Gasteiger partial charge in [-0.3, -0.25) is 4.40 Å². The highest BCUT2D eigenvalue weighted by molar-refractivity contribution is 9.10. The van der Waals surface area contributed by atoms with Gasteiger partial charge in [-0.15, -0.1) is 0 Å². The van der Waals surface area contributed by atoms with Gasteiger partial charge in [0.1, 0.15) is 16.0 Å². The largest absolute Gasteiger partial charge is 0.497 e. The van der Waals surface area contributed by atoms with Crippen molar-refractivity contribution in [1.29, 1.82) is 0 Å². The molecule has 0 atom stereocenters. The SMILES string of the molecule is COc1ccn2c(Br)c(CCN)nc2c1. The van der Waals surface area contributed by atoms with Crippen LogP contribution in [0.15, 0.2) is 22.9 Å². The first-order valence-corrected chi connectivity index (χ1v) is 5.46. The normalized spacial score (nSPS) is 10.9. The van der Waals surface area contributed by atoms with Gasteiger partial charge in [0, 0.05) is 18.7 Å². The van der Waals surface area contributed by atoms with Crippen molar-refractivity contribution in [3.05, 3.63) is 28.6 Å². The van der Waals surface area contributed by atoms with E-state index in [2.05, 4.69) is 20.9 Å². The maximum Gasteiger partial charge on any atom is 0.141 e. The highest BCUT2D eigenvalue weighted by Crippen LogP contribution is 2.22. The molecule has 0 fully saturated rings. The number of fused-ring (bicyclic) bond motifs is 1. The smallest absolute Gasteiger partial charge is 0.141 e. The molecule has 80 valence electrons. The molecule has 0 unspecified atom stereocenters. The molecule has 2 heterocycles. The van der Waals surface area contributed by atoms with Crippen molar-refractivity contribution in [3.63, 3.8) is 0 Å². The van der Waals surface area contributed by atoms with Gasteiger partial charge in [-0.05, 0) is 28.5 Å². The summed E-state index contributed by atoms with van der Waals surface area (Å²) >= 11 is 3.50. The molecule has 0 aromatic carbocycles. The quantitative estimate of drug-likeness (QED) is 0.921. The van der Waals surface area contributed by atoms with Gasteiger partial charge in [0.05, 0.1) is 12.8 Å². The van der Waals surface area contributed by atoms with Crippen LogP contribution in [0.25, 0.3) is 5.65 Å². The lowest BCUT2D eigenvalue weighted by atomic mass is 10.3. The first kappa shape index (κ1) is 10.4. The lowest BCUT2D eigenvalue weighted by Crippen LogP contribution is -2.03. The van der Waals surface area contributed by atoms with Gasteiger partial charge >= 0.3 is 0 Å². The molecule has 0 aliphatic heterocycles. The van der Waals surface area contributed by atoms with Gasteiger partial charge in [0.25, 0.3) is 0 Å². The number of aromatic nitrogens is 2. The van der Waals surface area contributed by atoms with Gasteiger partial charge in [0.15, 0.2) is 0 Å². The number of nitrogens with zero attached hydrogens (tertiary/aromatic N) is 2. The molecule has 2 aromatic heterocycles. The summed E-state index contributed by atoms with van der Waals surface area (Å²) in [6.45, 7) is 0.597. The van der Waals surface area contributed by atoms with Crippen molar-refractivity contribution >= 4 is 21.6 Å². The third-order valence-corrected chi connectivity index (χ3v) is 3.06. The number of rotatable bonds is 3. The maximum absolute atomic E-state index is 5.51. The highest BCUT2D eigenvalue weighted by atomic mass is 79.9. The van der Waals surface area contributed by atoms with Gasteiger partial charge < -0.3 is 10.5 Å². The summed E-state index contributed by atoms with van der Waals surface area (Å²) < 4.78 is 8.07. The van der Waals surface area contributed by atoms with E-state index in [9.17, 15) is 0 Å². The lowest BCUT2D eigenvalue weighted by Gasteiger charge is -1.99. The van der Waals surface area contributed by atoms with Crippen LogP contribution in [0, 0.1) is 0 Å². The fourth-order valence-corrected chi connectivity index (χ4v) is 2.05. The number of ether oxygens (including phenoxy) is 1. The summed E-state index contributed by atoms with van der Waals surface area (Å²) in [5, 5.41) is 0. The van der Waals surface area contributed by atoms with Crippen LogP contribution >= 0.6 is 15.9 Å². The number of pyridine rings is 1. The van der Waals surface area contributed by atoms with Gasteiger partial charge in [-0.25, -0.2) is 4.98 Å². The predicted octanol–water partition coefficient (Wildman–Crippen LogP) is 1.61. The second kappa shape index (κ2) is 4.20. The lowest BCUT2D eigenvalue weighted by molar-refractivity contribution is 0.414. The molecule has 0 saturated carbocycles. The zero-order valence-electron chi connectivity index (χ0n) is 8.40. The third kappa shape index (κ3) is 1.85. The minimum absolute atomic E-state index is 0.597. The Labute approximate surface area is 96.2 Å². The fraction of sp³-hybridized carbons (Fsp3) is 0.300. The van der Waals surface area contributed by atoms with Crippen molar-refractivity contribution in [3.8, 4) is 5.75 Å². The summed E-state index contributed by atoms with van der Waals surface area (Å²) in [5.74, 6) is 0.805. The van der Waals surface area contributed by atoms with Crippen LogP contribution < -0.4 is 10.5 Å². The number of nitrogens with two attached hydrogens (primary N) is 1. The Hall–Kier alpha value is -1.07. The van der Waals surface area contributed by atoms with E-state index in [4.69, 9.17) is 10.5 Å². The van der Waals surface area contributed by atoms with Crippen LogP contribution in [-0.2, 0) is 6.42 Å². The van der Waals surface area contributed by atoms with Gasteiger partial charge in [0.2, 0.25) is 0 Å². The van der Waals surface area contributed by atoms with Gasteiger partial charge in [-0.2, -0.15) is 0 Å². The van der Waals surface area contributed by atoms with Crippen molar-refractivity contribution in [2.24, 2.45) is 5.73 Å². The number of methoxy groups -OCH3 is 1. The van der Waals surface area contributed by atoms with Crippen LogP contribution in [0.3, 0.4) is 0 Å². The second-order valence-corrected chi connectivity index (χ2v) is 3.93. The Bertz CT molecular complexity index is 481. The maximum atomic E-state index is 5.51. The Morgan fingerprint density at radius 3 is 3.07 bits per heavy atom. The van der Waals surface area contributed by atoms with E-state index in [0.29, 0.717) is 6.54 Å². The molecule has 0 bridgehead atoms. The summed E-state index contributed by atoms with van der Waals surface area (Å²) in [6, 6.07) is 3.79. The van der Waals surface area contributed by atoms with Gasteiger partial charge in [-0.1, -0.05) is 0 Å². The molecule has 0 aliphatic rings. The van der Waals surface area contributed by atoms with E-state index in [1.54, 1.807) is 7.11 Å². The zero-order valence-corrected chi connectivity index (χ0v) is 9.99. The Morgan fingerprint density at radius 2 is 2.40 bits per heavy atom. The minimum Gasteiger partial charge on any atom is -0.497 e. The Morgan fingerprint density at radius 1 is 1.60 bits per heavy atom. The van der Waals surface area contributed by atoms with Crippen LogP contribution in [0.2, 0.25) is 0 Å². The van der Waals surface area contributed by atoms with Crippen molar-refractivity contribution < 1.29 is 4.74 Å². The first-order valence-electron chi connectivity index (χ1n) is 4.67. The van der Waals surface area contributed by atoms with Crippen LogP contribution in [0.5, 0.6) is 5.75 Å². The molecular weight excluding hydrogens is 258 g/mol. The molecule has 2 aromatic rings. The molecule has 15 heavy (non-hydrogen) atoms. The van der Waals surface area contributed by atoms with Crippen molar-refractivity contribution in [2.75, 3.05) is 13.7 Å². The average Bonchev–Trinajstić information content (AvgIpc) is 2.56. The van der Waals surface area contributed by atoms with Crippen molar-refractivity contribution in [1.82, 2.24) is 9.38 Å². The monoisotopic (exact) mass is 269 g/mol. The number of imidazole rings is 1. The van der Waals surface area contributed by atoms with Crippen LogP contribution in [0.4, 0.5) is 0 Å². The predicted molar refractivity (Wildman–Crippen MR) is 62.2 cm³/mol. The molecular formula is C10H12BrN3O. The van der Waals surface area contributed by atoms with E-state index in [1.807, 2.05) is 22.7 Å². The number of hydrogen-bond acceptors (Lipinski definition) is 3. The molecule has 0 radical (unpaired) electrons. The molecule has 0 aliphatic carbocycles. The molecule has 0 amide bonds. The van der Waals surface area contributed by atoms with E-state index >= 15 is 0 Å². The number of hydrogen-bond donors (Lipinski definition) is 1. The fourth-order valence-electron chi connectivity index (χ4n) is 1.47. The molecule has 0 saturated heterocycles. The number of halogens is 1. The topological polar surface area (TPSA) is 52.5 Å². The van der Waals surface area contributed by atoms with E-state index in [0.717, 1.165) is 28.1 Å². The Balaban J connectivity index is 2.55. The summed E-state index contributed by atoms with van der Waals surface area (Å²) in [5.41, 5.74) is 7.36. The molecule has 0 spiro atoms. The van der Waals surface area contributed by atoms with Crippen molar-refractivity contribution in [2.45, 2.75) is 6.42 Å². The highest BCUT2D eigenvalue weighted by Gasteiger charge is 2.09. The summed E-state index contributed by atoms with van der Waals surface area (Å²) in [7, 11) is 1.64. The average molecular weight is 270 g/mol.